The molecular weight excluding hydrogens is 178 g/mol. The maximum Gasteiger partial charge on any atom is 0.308 e. The van der Waals surface area contributed by atoms with Crippen molar-refractivity contribution in [3.8, 4) is 5.75 Å². The number of aromatic amines is 1. The molecule has 2 aromatic rings. The lowest BCUT2D eigenvalue weighted by atomic mass is 10.1. The van der Waals surface area contributed by atoms with Crippen LogP contribution < -0.4 is 4.74 Å². The van der Waals surface area contributed by atoms with Crippen LogP contribution in [0.25, 0.3) is 10.9 Å². The normalized spacial score (nSPS) is 10.4. The second kappa shape index (κ2) is 3.18. The Labute approximate surface area is 81.7 Å². The summed E-state index contributed by atoms with van der Waals surface area (Å²) in [6.45, 7) is 3.32. The lowest BCUT2D eigenvalue weighted by Gasteiger charge is -2.04. The van der Waals surface area contributed by atoms with Gasteiger partial charge in [-0.3, -0.25) is 4.79 Å². The molecule has 0 spiro atoms. The average molecular weight is 189 g/mol. The van der Waals surface area contributed by atoms with E-state index >= 15 is 0 Å². The van der Waals surface area contributed by atoms with Gasteiger partial charge in [-0.05, 0) is 30.7 Å². The fraction of sp³-hybridized carbons (Fsp3) is 0.182. The number of aromatic nitrogens is 1. The summed E-state index contributed by atoms with van der Waals surface area (Å²) in [4.78, 5) is 13.9. The summed E-state index contributed by atoms with van der Waals surface area (Å²) in [5.74, 6) is 0.340. The van der Waals surface area contributed by atoms with Crippen LogP contribution in [0.2, 0.25) is 0 Å². The number of ether oxygens (including phenoxy) is 1. The lowest BCUT2D eigenvalue weighted by Crippen LogP contribution is -2.02. The monoisotopic (exact) mass is 189 g/mol. The third kappa shape index (κ3) is 1.48. The van der Waals surface area contributed by atoms with Crippen LogP contribution in [-0.4, -0.2) is 11.0 Å². The zero-order valence-electron chi connectivity index (χ0n) is 8.13. The molecule has 0 atom stereocenters. The van der Waals surface area contributed by atoms with Crippen molar-refractivity contribution >= 4 is 16.9 Å². The van der Waals surface area contributed by atoms with Gasteiger partial charge in [0.2, 0.25) is 0 Å². The van der Waals surface area contributed by atoms with Gasteiger partial charge in [-0.25, -0.2) is 0 Å². The van der Waals surface area contributed by atoms with Gasteiger partial charge < -0.3 is 9.72 Å². The van der Waals surface area contributed by atoms with Crippen LogP contribution in [0.15, 0.2) is 24.4 Å². The van der Waals surface area contributed by atoms with Crippen molar-refractivity contribution < 1.29 is 9.53 Å². The van der Waals surface area contributed by atoms with Gasteiger partial charge >= 0.3 is 5.97 Å². The summed E-state index contributed by atoms with van der Waals surface area (Å²) in [6.07, 6.45) is 1.86. The zero-order valence-corrected chi connectivity index (χ0v) is 8.13. The number of fused-ring (bicyclic) bond motifs is 1. The Morgan fingerprint density at radius 1 is 1.43 bits per heavy atom. The number of carbonyl (C=O) groups is 1. The molecule has 3 heteroatoms. The molecule has 1 aromatic carbocycles. The van der Waals surface area contributed by atoms with Crippen LogP contribution in [0.1, 0.15) is 12.5 Å². The van der Waals surface area contributed by atoms with E-state index in [4.69, 9.17) is 4.74 Å². The van der Waals surface area contributed by atoms with Crippen LogP contribution in [0, 0.1) is 6.92 Å². The standard InChI is InChI=1S/C11H11NO2/c1-7-5-10-9(3-4-12-10)6-11(7)14-8(2)13/h3-6,12H,1-2H3. The first-order valence-electron chi connectivity index (χ1n) is 4.43. The number of esters is 1. The highest BCUT2D eigenvalue weighted by Crippen LogP contribution is 2.24. The van der Waals surface area contributed by atoms with E-state index in [0.717, 1.165) is 16.5 Å². The minimum Gasteiger partial charge on any atom is -0.426 e. The van der Waals surface area contributed by atoms with Crippen molar-refractivity contribution in [2.45, 2.75) is 13.8 Å². The first-order chi connectivity index (χ1) is 6.66. The Bertz CT molecular complexity index is 485. The van der Waals surface area contributed by atoms with Crippen molar-refractivity contribution in [3.63, 3.8) is 0 Å². The average Bonchev–Trinajstić information content (AvgIpc) is 2.51. The molecule has 14 heavy (non-hydrogen) atoms. The van der Waals surface area contributed by atoms with Gasteiger partial charge in [0.1, 0.15) is 5.75 Å². The van der Waals surface area contributed by atoms with Crippen LogP contribution >= 0.6 is 0 Å². The van der Waals surface area contributed by atoms with E-state index in [-0.39, 0.29) is 5.97 Å². The Balaban J connectivity index is 2.53. The van der Waals surface area contributed by atoms with E-state index in [1.54, 1.807) is 0 Å². The first-order valence-corrected chi connectivity index (χ1v) is 4.43. The first kappa shape index (κ1) is 8.81. The van der Waals surface area contributed by atoms with Gasteiger partial charge in [0.25, 0.3) is 0 Å². The van der Waals surface area contributed by atoms with Crippen molar-refractivity contribution in [2.75, 3.05) is 0 Å². The fourth-order valence-electron chi connectivity index (χ4n) is 1.45. The number of rotatable bonds is 1. The van der Waals surface area contributed by atoms with Gasteiger partial charge in [-0.1, -0.05) is 0 Å². The maximum atomic E-state index is 10.8. The molecule has 0 unspecified atom stereocenters. The smallest absolute Gasteiger partial charge is 0.308 e. The van der Waals surface area contributed by atoms with Gasteiger partial charge in [0, 0.05) is 24.0 Å². The Morgan fingerprint density at radius 3 is 2.93 bits per heavy atom. The summed E-state index contributed by atoms with van der Waals surface area (Å²) in [6, 6.07) is 5.78. The van der Waals surface area contributed by atoms with Crippen LogP contribution in [0.5, 0.6) is 5.75 Å². The summed E-state index contributed by atoms with van der Waals surface area (Å²) in [5, 5.41) is 1.05. The summed E-state index contributed by atoms with van der Waals surface area (Å²) < 4.78 is 5.07. The SMILES string of the molecule is CC(=O)Oc1cc2cc[nH]c2cc1C. The number of benzene rings is 1. The highest BCUT2D eigenvalue weighted by molar-refractivity contribution is 5.83. The van der Waals surface area contributed by atoms with E-state index < -0.39 is 0 Å². The largest absolute Gasteiger partial charge is 0.426 e. The number of H-pyrrole nitrogens is 1. The van der Waals surface area contributed by atoms with Crippen LogP contribution in [0.3, 0.4) is 0 Å². The molecule has 0 aliphatic rings. The van der Waals surface area contributed by atoms with Gasteiger partial charge in [0.05, 0.1) is 0 Å². The molecule has 0 saturated carbocycles. The van der Waals surface area contributed by atoms with Crippen molar-refractivity contribution in [2.24, 2.45) is 0 Å². The predicted molar refractivity (Wildman–Crippen MR) is 54.3 cm³/mol. The van der Waals surface area contributed by atoms with E-state index in [1.807, 2.05) is 31.3 Å². The number of carbonyl (C=O) groups excluding carboxylic acids is 1. The third-order valence-corrected chi connectivity index (χ3v) is 2.10. The van der Waals surface area contributed by atoms with Gasteiger partial charge in [0.15, 0.2) is 0 Å². The van der Waals surface area contributed by atoms with E-state index in [2.05, 4.69) is 4.98 Å². The molecule has 0 aliphatic heterocycles. The number of aryl methyl sites for hydroxylation is 1. The quantitative estimate of drug-likeness (QED) is 0.553. The van der Waals surface area contributed by atoms with Crippen LogP contribution in [-0.2, 0) is 4.79 Å². The van der Waals surface area contributed by atoms with Crippen molar-refractivity contribution in [3.05, 3.63) is 30.0 Å². The second-order valence-electron chi connectivity index (χ2n) is 3.28. The molecule has 0 fully saturated rings. The second-order valence-corrected chi connectivity index (χ2v) is 3.28. The summed E-state index contributed by atoms with van der Waals surface area (Å²) >= 11 is 0. The maximum absolute atomic E-state index is 10.8. The van der Waals surface area contributed by atoms with E-state index in [9.17, 15) is 4.79 Å². The number of hydrogen-bond acceptors (Lipinski definition) is 2. The van der Waals surface area contributed by atoms with E-state index in [1.165, 1.54) is 6.92 Å². The van der Waals surface area contributed by atoms with Gasteiger partial charge in [-0.15, -0.1) is 0 Å². The zero-order chi connectivity index (χ0) is 10.1. The lowest BCUT2D eigenvalue weighted by molar-refractivity contribution is -0.131. The molecule has 0 bridgehead atoms. The molecule has 1 heterocycles. The summed E-state index contributed by atoms with van der Waals surface area (Å²) in [7, 11) is 0. The molecule has 0 amide bonds. The topological polar surface area (TPSA) is 42.1 Å². The molecule has 72 valence electrons. The highest BCUT2D eigenvalue weighted by atomic mass is 16.5. The summed E-state index contributed by atoms with van der Waals surface area (Å²) in [5.41, 5.74) is 2.01. The third-order valence-electron chi connectivity index (χ3n) is 2.10. The highest BCUT2D eigenvalue weighted by Gasteiger charge is 2.05. The van der Waals surface area contributed by atoms with Crippen molar-refractivity contribution in [1.82, 2.24) is 4.98 Å². The molecule has 2 rings (SSSR count). The van der Waals surface area contributed by atoms with Crippen LogP contribution in [0.4, 0.5) is 0 Å². The molecule has 0 radical (unpaired) electrons. The van der Waals surface area contributed by atoms with E-state index in [0.29, 0.717) is 5.75 Å². The Kier molecular flexibility index (Phi) is 2.00. The predicted octanol–water partition coefficient (Wildman–Crippen LogP) is 2.40. The Hall–Kier alpha value is -1.77. The van der Waals surface area contributed by atoms with Gasteiger partial charge in [-0.2, -0.15) is 0 Å². The fourth-order valence-corrected chi connectivity index (χ4v) is 1.45. The number of nitrogens with one attached hydrogen (secondary N) is 1. The molecule has 1 N–H and O–H groups in total. The minimum absolute atomic E-state index is 0.289. The molecule has 0 aliphatic carbocycles. The molecular formula is C11H11NO2. The molecule has 0 saturated heterocycles. The Morgan fingerprint density at radius 2 is 2.21 bits per heavy atom. The minimum atomic E-state index is -0.289. The molecule has 3 nitrogen and oxygen atoms in total. The molecule has 1 aromatic heterocycles. The van der Waals surface area contributed by atoms with Crippen molar-refractivity contribution in [1.29, 1.82) is 0 Å². The number of hydrogen-bond donors (Lipinski definition) is 1.